The summed E-state index contributed by atoms with van der Waals surface area (Å²) in [6.45, 7) is 13.8. The van der Waals surface area contributed by atoms with Gasteiger partial charge in [0, 0.05) is 4.47 Å². The van der Waals surface area contributed by atoms with Crippen molar-refractivity contribution in [2.45, 2.75) is 48.0 Å². The summed E-state index contributed by atoms with van der Waals surface area (Å²) in [7, 11) is 0. The molecule has 0 amide bonds. The Bertz CT molecular complexity index is 611. The average molecular weight is 359 g/mol. The predicted molar refractivity (Wildman–Crippen MR) is 102 cm³/mol. The van der Waals surface area contributed by atoms with E-state index in [2.05, 4.69) is 100.0 Å². The van der Waals surface area contributed by atoms with Crippen LogP contribution in [0.4, 0.5) is 0 Å². The van der Waals surface area contributed by atoms with Crippen LogP contribution in [0.3, 0.4) is 0 Å². The Labute approximate surface area is 144 Å². The van der Waals surface area contributed by atoms with E-state index >= 15 is 0 Å². The summed E-state index contributed by atoms with van der Waals surface area (Å²) in [5.41, 5.74) is 5.97. The highest BCUT2D eigenvalue weighted by Crippen LogP contribution is 2.41. The molecule has 0 saturated heterocycles. The Balaban J connectivity index is 2.51. The Kier molecular flexibility index (Phi) is 4.87. The van der Waals surface area contributed by atoms with Crippen molar-refractivity contribution < 1.29 is 0 Å². The predicted octanol–water partition coefficient (Wildman–Crippen LogP) is 7.18. The average Bonchev–Trinajstić information content (AvgIpc) is 2.39. The summed E-state index contributed by atoms with van der Waals surface area (Å²) in [4.78, 5) is 0. The summed E-state index contributed by atoms with van der Waals surface area (Å²) in [6.07, 6.45) is 8.10. The van der Waals surface area contributed by atoms with E-state index in [1.165, 1.54) is 22.3 Å². The summed E-state index contributed by atoms with van der Waals surface area (Å²) < 4.78 is 1.14. The van der Waals surface area contributed by atoms with E-state index in [9.17, 15) is 0 Å². The van der Waals surface area contributed by atoms with Gasteiger partial charge in [-0.3, -0.25) is 0 Å². The molecule has 0 radical (unpaired) electrons. The van der Waals surface area contributed by atoms with Crippen LogP contribution in [0.2, 0.25) is 0 Å². The first-order valence-electron chi connectivity index (χ1n) is 7.96. The summed E-state index contributed by atoms with van der Waals surface area (Å²) in [6, 6.07) is 8.39. The molecular weight excluding hydrogens is 332 g/mol. The fourth-order valence-corrected chi connectivity index (χ4v) is 2.97. The van der Waals surface area contributed by atoms with Crippen molar-refractivity contribution in [1.82, 2.24) is 0 Å². The van der Waals surface area contributed by atoms with Gasteiger partial charge in [-0.15, -0.1) is 0 Å². The molecule has 1 aromatic carbocycles. The molecule has 1 aliphatic rings. The van der Waals surface area contributed by atoms with E-state index in [0.717, 1.165) is 10.9 Å². The van der Waals surface area contributed by atoms with Gasteiger partial charge in [0.25, 0.3) is 0 Å². The summed E-state index contributed by atoms with van der Waals surface area (Å²) >= 11 is 3.65. The highest BCUT2D eigenvalue weighted by molar-refractivity contribution is 9.10. The van der Waals surface area contributed by atoms with Crippen LogP contribution in [0.15, 0.2) is 57.6 Å². The van der Waals surface area contributed by atoms with E-state index in [1.807, 2.05) is 0 Å². The summed E-state index contributed by atoms with van der Waals surface area (Å²) in [5, 5.41) is 0. The largest absolute Gasteiger partial charge is 0.0616 e. The maximum atomic E-state index is 3.65. The molecule has 2 rings (SSSR count). The van der Waals surface area contributed by atoms with Gasteiger partial charge in [-0.25, -0.2) is 0 Å². The van der Waals surface area contributed by atoms with Gasteiger partial charge in [0.1, 0.15) is 0 Å². The maximum Gasteiger partial charge on any atom is 0.0247 e. The molecule has 0 saturated carbocycles. The third kappa shape index (κ3) is 4.23. The fourth-order valence-electron chi connectivity index (χ4n) is 2.57. The van der Waals surface area contributed by atoms with Gasteiger partial charge in [0.05, 0.1) is 0 Å². The van der Waals surface area contributed by atoms with Crippen LogP contribution in [0.25, 0.3) is 6.08 Å². The maximum absolute atomic E-state index is 3.65. The van der Waals surface area contributed by atoms with Crippen molar-refractivity contribution in [1.29, 1.82) is 0 Å². The molecule has 0 aliphatic heterocycles. The van der Waals surface area contributed by atoms with Gasteiger partial charge in [0.2, 0.25) is 0 Å². The second-order valence-corrected chi connectivity index (χ2v) is 9.04. The van der Waals surface area contributed by atoms with Gasteiger partial charge in [-0.2, -0.15) is 0 Å². The van der Waals surface area contributed by atoms with E-state index in [0.29, 0.717) is 0 Å². The zero-order valence-electron chi connectivity index (χ0n) is 14.6. The Morgan fingerprint density at radius 2 is 1.36 bits per heavy atom. The second kappa shape index (κ2) is 6.20. The highest BCUT2D eigenvalue weighted by atomic mass is 79.9. The lowest BCUT2D eigenvalue weighted by Gasteiger charge is -2.33. The molecule has 118 valence electrons. The van der Waals surface area contributed by atoms with E-state index in [1.54, 1.807) is 0 Å². The molecule has 1 heteroatoms. The molecule has 0 N–H and O–H groups in total. The molecule has 0 bridgehead atoms. The van der Waals surface area contributed by atoms with Crippen molar-refractivity contribution in [3.63, 3.8) is 0 Å². The Morgan fingerprint density at radius 1 is 0.864 bits per heavy atom. The number of hydrogen-bond donors (Lipinski definition) is 0. The molecule has 0 heterocycles. The minimum Gasteiger partial charge on any atom is -0.0616 e. The quantitative estimate of drug-likeness (QED) is 0.498. The van der Waals surface area contributed by atoms with Crippen molar-refractivity contribution in [2.24, 2.45) is 10.8 Å². The second-order valence-electron chi connectivity index (χ2n) is 8.18. The SMILES string of the molecule is CC(C)(C)C1=CC(=Cc2ccccc2Br)C=C(C(C)(C)C)C1. The molecule has 0 nitrogen and oxygen atoms in total. The zero-order chi connectivity index (χ0) is 16.5. The van der Waals surface area contributed by atoms with Crippen molar-refractivity contribution in [3.05, 3.63) is 63.2 Å². The number of halogens is 1. The van der Waals surface area contributed by atoms with Gasteiger partial charge in [-0.1, -0.05) is 99.0 Å². The third-order valence-electron chi connectivity index (χ3n) is 4.22. The van der Waals surface area contributed by atoms with Crippen LogP contribution in [-0.4, -0.2) is 0 Å². The van der Waals surface area contributed by atoms with Crippen LogP contribution in [0.1, 0.15) is 53.5 Å². The lowest BCUT2D eigenvalue weighted by atomic mass is 9.72. The van der Waals surface area contributed by atoms with Gasteiger partial charge in [-0.05, 0) is 40.5 Å². The van der Waals surface area contributed by atoms with Gasteiger partial charge < -0.3 is 0 Å². The fraction of sp³-hybridized carbons (Fsp3) is 0.429. The molecule has 0 atom stereocenters. The summed E-state index contributed by atoms with van der Waals surface area (Å²) in [5.74, 6) is 0. The minimum absolute atomic E-state index is 0.206. The number of benzene rings is 1. The molecular formula is C21H27Br. The normalized spacial score (nSPS) is 16.2. The number of hydrogen-bond acceptors (Lipinski definition) is 0. The molecule has 0 spiro atoms. The molecule has 0 fully saturated rings. The third-order valence-corrected chi connectivity index (χ3v) is 4.94. The topological polar surface area (TPSA) is 0 Å². The molecule has 0 unspecified atom stereocenters. The Hall–Kier alpha value is -1.08. The van der Waals surface area contributed by atoms with E-state index in [-0.39, 0.29) is 10.8 Å². The first-order valence-corrected chi connectivity index (χ1v) is 8.75. The first kappa shape index (κ1) is 17.3. The van der Waals surface area contributed by atoms with Gasteiger partial charge >= 0.3 is 0 Å². The molecule has 1 aliphatic carbocycles. The molecule has 0 aromatic heterocycles. The smallest absolute Gasteiger partial charge is 0.0247 e. The van der Waals surface area contributed by atoms with Crippen LogP contribution >= 0.6 is 15.9 Å². The highest BCUT2D eigenvalue weighted by Gasteiger charge is 2.26. The standard InChI is InChI=1S/C21H27Br/c1-20(2,3)17-12-15(13-18(14-17)21(4,5)6)11-16-9-7-8-10-19(16)22/h7-13H,14H2,1-6H3. The number of rotatable bonds is 1. The lowest BCUT2D eigenvalue weighted by Crippen LogP contribution is -2.18. The van der Waals surface area contributed by atoms with E-state index in [4.69, 9.17) is 0 Å². The van der Waals surface area contributed by atoms with Crippen LogP contribution in [0, 0.1) is 10.8 Å². The minimum atomic E-state index is 0.206. The van der Waals surface area contributed by atoms with Crippen molar-refractivity contribution >= 4 is 22.0 Å². The monoisotopic (exact) mass is 358 g/mol. The van der Waals surface area contributed by atoms with Crippen molar-refractivity contribution in [2.75, 3.05) is 0 Å². The first-order chi connectivity index (χ1) is 10.1. The van der Waals surface area contributed by atoms with E-state index < -0.39 is 0 Å². The van der Waals surface area contributed by atoms with Crippen molar-refractivity contribution in [3.8, 4) is 0 Å². The molecule has 1 aromatic rings. The zero-order valence-corrected chi connectivity index (χ0v) is 16.2. The van der Waals surface area contributed by atoms with Crippen LogP contribution < -0.4 is 0 Å². The Morgan fingerprint density at radius 3 is 1.82 bits per heavy atom. The number of allylic oxidation sites excluding steroid dienone is 5. The van der Waals surface area contributed by atoms with Crippen LogP contribution in [-0.2, 0) is 0 Å². The lowest BCUT2D eigenvalue weighted by molar-refractivity contribution is 0.447. The molecule has 22 heavy (non-hydrogen) atoms. The van der Waals surface area contributed by atoms with Gasteiger partial charge in [0.15, 0.2) is 0 Å². The van der Waals surface area contributed by atoms with Crippen LogP contribution in [0.5, 0.6) is 0 Å².